The van der Waals surface area contributed by atoms with Crippen LogP contribution in [0.2, 0.25) is 0 Å². The number of carbonyl (C=O) groups excluding carboxylic acids is 1. The highest BCUT2D eigenvalue weighted by Crippen LogP contribution is 2.35. The fourth-order valence-corrected chi connectivity index (χ4v) is 4.08. The molecule has 3 heterocycles. The number of primary amides is 1. The quantitative estimate of drug-likeness (QED) is 0.762. The van der Waals surface area contributed by atoms with E-state index >= 15 is 0 Å². The predicted octanol–water partition coefficient (Wildman–Crippen LogP) is 2.81. The number of H-pyrrole nitrogens is 1. The maximum absolute atomic E-state index is 11.7. The topological polar surface area (TPSA) is 87.9 Å². The van der Waals surface area contributed by atoms with Crippen molar-refractivity contribution in [1.29, 1.82) is 0 Å². The molecular formula is C20H21N5O. The Bertz CT molecular complexity index is 1040. The van der Waals surface area contributed by atoms with E-state index in [1.165, 1.54) is 12.0 Å². The first-order chi connectivity index (χ1) is 12.6. The third-order valence-electron chi connectivity index (χ3n) is 5.68. The molecule has 0 saturated carbocycles. The minimum absolute atomic E-state index is 0.413. The maximum atomic E-state index is 11.7. The normalized spacial score (nSPS) is 18.8. The molecule has 6 nitrogen and oxygen atoms in total. The highest BCUT2D eigenvalue weighted by molar-refractivity contribution is 6.06. The number of benzene rings is 1. The van der Waals surface area contributed by atoms with Crippen LogP contribution in [0.1, 0.15) is 41.4 Å². The van der Waals surface area contributed by atoms with Crippen molar-refractivity contribution in [2.75, 3.05) is 11.4 Å². The molecule has 3 aromatic rings. The van der Waals surface area contributed by atoms with Gasteiger partial charge in [0.05, 0.1) is 11.4 Å². The van der Waals surface area contributed by atoms with Gasteiger partial charge in [-0.15, -0.1) is 0 Å². The number of hydrogen-bond donors (Lipinski definition) is 2. The lowest BCUT2D eigenvalue weighted by molar-refractivity contribution is 0.100. The monoisotopic (exact) mass is 347 g/mol. The fraction of sp³-hybridized carbons (Fsp3) is 0.350. The van der Waals surface area contributed by atoms with Crippen molar-refractivity contribution in [3.63, 3.8) is 0 Å². The van der Waals surface area contributed by atoms with Crippen molar-refractivity contribution in [2.24, 2.45) is 5.73 Å². The Kier molecular flexibility index (Phi) is 3.29. The molecular weight excluding hydrogens is 326 g/mol. The molecule has 1 amide bonds. The predicted molar refractivity (Wildman–Crippen MR) is 101 cm³/mol. The Morgan fingerprint density at radius 2 is 2.19 bits per heavy atom. The van der Waals surface area contributed by atoms with E-state index in [1.807, 2.05) is 18.2 Å². The van der Waals surface area contributed by atoms with E-state index < -0.39 is 5.91 Å². The van der Waals surface area contributed by atoms with Crippen molar-refractivity contribution >= 4 is 22.8 Å². The summed E-state index contributed by atoms with van der Waals surface area (Å²) < 4.78 is 0. The van der Waals surface area contributed by atoms with Crippen LogP contribution in [0.25, 0.3) is 22.3 Å². The number of aromatic amines is 1. The van der Waals surface area contributed by atoms with E-state index in [-0.39, 0.29) is 0 Å². The summed E-state index contributed by atoms with van der Waals surface area (Å²) in [4.78, 5) is 27.2. The molecule has 1 aliphatic heterocycles. The average Bonchev–Trinajstić information content (AvgIpc) is 3.25. The van der Waals surface area contributed by atoms with Crippen LogP contribution < -0.4 is 10.6 Å². The van der Waals surface area contributed by atoms with Crippen molar-refractivity contribution in [2.45, 2.75) is 38.6 Å². The molecule has 1 aliphatic carbocycles. The molecule has 1 fully saturated rings. The van der Waals surface area contributed by atoms with Gasteiger partial charge in [0.2, 0.25) is 11.9 Å². The van der Waals surface area contributed by atoms with Crippen LogP contribution in [-0.4, -0.2) is 33.4 Å². The number of nitrogens with zero attached hydrogens (tertiary/aromatic N) is 3. The van der Waals surface area contributed by atoms with Crippen molar-refractivity contribution in [3.05, 3.63) is 41.1 Å². The first-order valence-corrected chi connectivity index (χ1v) is 9.20. The fourth-order valence-electron chi connectivity index (χ4n) is 4.08. The number of nitrogens with two attached hydrogens (primary N) is 1. The molecule has 0 unspecified atom stereocenters. The molecule has 0 radical (unpaired) electrons. The molecule has 0 bridgehead atoms. The molecule has 1 saturated heterocycles. The van der Waals surface area contributed by atoms with Gasteiger partial charge < -0.3 is 15.6 Å². The number of aryl methyl sites for hydroxylation is 1. The molecule has 26 heavy (non-hydrogen) atoms. The molecule has 5 rings (SSSR count). The Balaban J connectivity index is 1.69. The van der Waals surface area contributed by atoms with Gasteiger partial charge >= 0.3 is 0 Å². The number of fused-ring (bicyclic) bond motifs is 2. The van der Waals surface area contributed by atoms with E-state index in [2.05, 4.69) is 16.8 Å². The minimum Gasteiger partial charge on any atom is -0.366 e. The summed E-state index contributed by atoms with van der Waals surface area (Å²) in [5.41, 5.74) is 11.3. The Morgan fingerprint density at radius 1 is 1.31 bits per heavy atom. The minimum atomic E-state index is -0.413. The van der Waals surface area contributed by atoms with Gasteiger partial charge in [0.25, 0.3) is 0 Å². The summed E-state index contributed by atoms with van der Waals surface area (Å²) in [6.07, 6.45) is 4.30. The van der Waals surface area contributed by atoms with E-state index in [1.54, 1.807) is 6.07 Å². The average molecular weight is 347 g/mol. The molecule has 6 heteroatoms. The highest BCUT2D eigenvalue weighted by Gasteiger charge is 2.29. The second-order valence-corrected chi connectivity index (χ2v) is 7.30. The number of hydrogen-bond acceptors (Lipinski definition) is 4. The zero-order valence-electron chi connectivity index (χ0n) is 14.7. The zero-order valence-corrected chi connectivity index (χ0v) is 14.7. The zero-order chi connectivity index (χ0) is 17.8. The number of rotatable bonds is 3. The summed E-state index contributed by atoms with van der Waals surface area (Å²) in [5, 5.41) is 0.847. The van der Waals surface area contributed by atoms with Gasteiger partial charge in [0.15, 0.2) is 0 Å². The van der Waals surface area contributed by atoms with Gasteiger partial charge in [-0.2, -0.15) is 0 Å². The van der Waals surface area contributed by atoms with E-state index in [0.717, 1.165) is 59.7 Å². The number of anilines is 1. The van der Waals surface area contributed by atoms with Gasteiger partial charge in [-0.25, -0.2) is 9.97 Å². The van der Waals surface area contributed by atoms with E-state index in [4.69, 9.17) is 15.7 Å². The number of aromatic nitrogens is 3. The van der Waals surface area contributed by atoms with Crippen molar-refractivity contribution < 1.29 is 4.79 Å². The summed E-state index contributed by atoms with van der Waals surface area (Å²) in [6.45, 7) is 3.22. The summed E-state index contributed by atoms with van der Waals surface area (Å²) in [6, 6.07) is 8.07. The van der Waals surface area contributed by atoms with Gasteiger partial charge in [-0.3, -0.25) is 4.79 Å². The second kappa shape index (κ2) is 5.56. The molecule has 2 aliphatic rings. The first-order valence-electron chi connectivity index (χ1n) is 9.20. The van der Waals surface area contributed by atoms with Crippen LogP contribution in [0.4, 0.5) is 5.95 Å². The van der Waals surface area contributed by atoms with Crippen LogP contribution in [0.3, 0.4) is 0 Å². The Hall–Kier alpha value is -2.89. The van der Waals surface area contributed by atoms with Gasteiger partial charge in [-0.05, 0) is 50.8 Å². The smallest absolute Gasteiger partial charge is 0.249 e. The molecule has 3 N–H and O–H groups in total. The lowest BCUT2D eigenvalue weighted by atomic mass is 10.1. The number of amides is 1. The summed E-state index contributed by atoms with van der Waals surface area (Å²) >= 11 is 0. The summed E-state index contributed by atoms with van der Waals surface area (Å²) in [5.74, 6) is 0.414. The van der Waals surface area contributed by atoms with E-state index in [0.29, 0.717) is 11.6 Å². The molecule has 1 aromatic carbocycles. The Labute approximate surface area is 151 Å². The van der Waals surface area contributed by atoms with Crippen LogP contribution in [0.5, 0.6) is 0 Å². The van der Waals surface area contributed by atoms with Crippen LogP contribution in [-0.2, 0) is 12.8 Å². The first kappa shape index (κ1) is 15.4. The molecule has 2 aromatic heterocycles. The third-order valence-corrected chi connectivity index (χ3v) is 5.68. The lowest BCUT2D eigenvalue weighted by Gasteiger charge is -2.39. The van der Waals surface area contributed by atoms with Gasteiger partial charge in [0.1, 0.15) is 0 Å². The van der Waals surface area contributed by atoms with Crippen LogP contribution in [0.15, 0.2) is 24.3 Å². The third kappa shape index (κ3) is 2.21. The largest absolute Gasteiger partial charge is 0.366 e. The standard InChI is InChI=1S/C20H21N5O/c1-11-8-9-25(11)20-23-15-6-3-5-13(15)18(24-20)17-10-14-12(19(21)26)4-2-7-16(14)22-17/h2,4,7,10-11,22H,3,5-6,8-9H2,1H3,(H2,21,26)/t11-/m0/s1. The molecule has 1 atom stereocenters. The van der Waals surface area contributed by atoms with Crippen molar-refractivity contribution in [3.8, 4) is 11.4 Å². The molecule has 132 valence electrons. The number of carbonyl (C=O) groups is 1. The lowest BCUT2D eigenvalue weighted by Crippen LogP contribution is -2.46. The second-order valence-electron chi connectivity index (χ2n) is 7.30. The van der Waals surface area contributed by atoms with Gasteiger partial charge in [-0.1, -0.05) is 6.07 Å². The Morgan fingerprint density at radius 3 is 2.92 bits per heavy atom. The van der Waals surface area contributed by atoms with E-state index in [9.17, 15) is 4.79 Å². The van der Waals surface area contributed by atoms with Crippen molar-refractivity contribution in [1.82, 2.24) is 15.0 Å². The summed E-state index contributed by atoms with van der Waals surface area (Å²) in [7, 11) is 0. The maximum Gasteiger partial charge on any atom is 0.249 e. The van der Waals surface area contributed by atoms with Gasteiger partial charge in [0, 0.05) is 40.3 Å². The molecule has 0 spiro atoms. The number of nitrogens with one attached hydrogen (secondary N) is 1. The SMILES string of the molecule is C[C@H]1CCN1c1nc2c(c(-c3cc4c(C(N)=O)cccc4[nH]3)n1)CCC2. The van der Waals surface area contributed by atoms with Crippen LogP contribution >= 0.6 is 0 Å². The highest BCUT2D eigenvalue weighted by atomic mass is 16.1. The van der Waals surface area contributed by atoms with Crippen LogP contribution in [0, 0.1) is 0 Å².